The molecule has 0 rings (SSSR count). The summed E-state index contributed by atoms with van der Waals surface area (Å²) in [7, 11) is 0. The van der Waals surface area contributed by atoms with E-state index in [1.165, 1.54) is 11.3 Å². The zero-order chi connectivity index (χ0) is 11.4. The largest absolute Gasteiger partial charge is 0.385 e. The highest BCUT2D eigenvalue weighted by Gasteiger charge is 2.14. The Morgan fingerprint density at radius 1 is 1.36 bits per heavy atom. The van der Waals surface area contributed by atoms with Crippen molar-refractivity contribution in [3.8, 4) is 0 Å². The Morgan fingerprint density at radius 3 is 2.14 bits per heavy atom. The Hall–Kier alpha value is -0.720. The molecule has 0 saturated carbocycles. The number of hydrogen-bond donors (Lipinski definition) is 1. The normalized spacial score (nSPS) is 13.2. The third kappa shape index (κ3) is 4.50. The average Bonchev–Trinajstić information content (AvgIpc) is 2.02. The lowest BCUT2D eigenvalue weighted by Crippen LogP contribution is -2.24. The van der Waals surface area contributed by atoms with E-state index < -0.39 is 0 Å². The van der Waals surface area contributed by atoms with Crippen LogP contribution in [-0.4, -0.2) is 6.54 Å². The first-order chi connectivity index (χ1) is 6.29. The van der Waals surface area contributed by atoms with Gasteiger partial charge in [-0.25, -0.2) is 0 Å². The predicted molar refractivity (Wildman–Crippen MR) is 65.2 cm³/mol. The monoisotopic (exact) mass is 195 g/mol. The summed E-state index contributed by atoms with van der Waals surface area (Å²) < 4.78 is 0. The molecule has 0 aliphatic rings. The second-order valence-electron chi connectivity index (χ2n) is 5.11. The van der Waals surface area contributed by atoms with Crippen LogP contribution in [0, 0.1) is 11.3 Å². The molecule has 0 radical (unpaired) electrons. The van der Waals surface area contributed by atoms with E-state index in [0.29, 0.717) is 5.92 Å². The van der Waals surface area contributed by atoms with Gasteiger partial charge in [0.2, 0.25) is 0 Å². The van der Waals surface area contributed by atoms with Crippen LogP contribution >= 0.6 is 0 Å². The molecule has 1 nitrogen and oxygen atoms in total. The first-order valence-corrected chi connectivity index (χ1v) is 5.37. The summed E-state index contributed by atoms with van der Waals surface area (Å²) in [6, 6.07) is 0. The summed E-state index contributed by atoms with van der Waals surface area (Å²) in [6.07, 6.45) is 2.14. The van der Waals surface area contributed by atoms with Crippen LogP contribution in [0.4, 0.5) is 0 Å². The van der Waals surface area contributed by atoms with Crippen LogP contribution in [0.5, 0.6) is 0 Å². The van der Waals surface area contributed by atoms with Crippen LogP contribution in [0.15, 0.2) is 23.9 Å². The van der Waals surface area contributed by atoms with E-state index >= 15 is 0 Å². The van der Waals surface area contributed by atoms with Gasteiger partial charge in [0.25, 0.3) is 0 Å². The van der Waals surface area contributed by atoms with Crippen LogP contribution in [0.2, 0.25) is 0 Å². The van der Waals surface area contributed by atoms with Gasteiger partial charge < -0.3 is 5.32 Å². The molecule has 0 aromatic heterocycles. The molecule has 82 valence electrons. The minimum atomic E-state index is 0.197. The molecule has 0 bridgehead atoms. The second kappa shape index (κ2) is 5.23. The minimum absolute atomic E-state index is 0.197. The third-order valence-electron chi connectivity index (χ3n) is 2.50. The van der Waals surface area contributed by atoms with Crippen molar-refractivity contribution in [2.45, 2.75) is 41.5 Å². The fourth-order valence-corrected chi connectivity index (χ4v) is 1.11. The molecule has 0 aliphatic carbocycles. The van der Waals surface area contributed by atoms with E-state index in [-0.39, 0.29) is 5.41 Å². The van der Waals surface area contributed by atoms with Crippen molar-refractivity contribution in [1.29, 1.82) is 0 Å². The first kappa shape index (κ1) is 13.3. The Labute approximate surface area is 89.3 Å². The molecule has 14 heavy (non-hydrogen) atoms. The van der Waals surface area contributed by atoms with E-state index in [1.54, 1.807) is 0 Å². The molecule has 0 aromatic carbocycles. The van der Waals surface area contributed by atoms with Crippen molar-refractivity contribution in [3.63, 3.8) is 0 Å². The van der Waals surface area contributed by atoms with Crippen molar-refractivity contribution in [1.82, 2.24) is 5.32 Å². The Morgan fingerprint density at radius 2 is 1.86 bits per heavy atom. The van der Waals surface area contributed by atoms with Gasteiger partial charge in [0, 0.05) is 12.2 Å². The SMILES string of the molecule is C=C(CN/C(=C\C)C(C)C)C(C)(C)C. The molecule has 0 unspecified atom stereocenters. The number of nitrogens with one attached hydrogen (secondary N) is 1. The minimum Gasteiger partial charge on any atom is -0.385 e. The van der Waals surface area contributed by atoms with E-state index in [4.69, 9.17) is 0 Å². The molecule has 0 aromatic rings. The van der Waals surface area contributed by atoms with E-state index in [1.807, 2.05) is 0 Å². The maximum atomic E-state index is 4.10. The number of allylic oxidation sites excluding steroid dienone is 2. The molecule has 0 saturated heterocycles. The van der Waals surface area contributed by atoms with Crippen molar-refractivity contribution >= 4 is 0 Å². The molecular weight excluding hydrogens is 170 g/mol. The van der Waals surface area contributed by atoms with Gasteiger partial charge in [-0.2, -0.15) is 0 Å². The topological polar surface area (TPSA) is 12.0 Å². The Balaban J connectivity index is 4.13. The van der Waals surface area contributed by atoms with Gasteiger partial charge >= 0.3 is 0 Å². The Bertz CT molecular complexity index is 216. The quantitative estimate of drug-likeness (QED) is 0.674. The predicted octanol–water partition coefficient (Wildman–Crippen LogP) is 3.74. The smallest absolute Gasteiger partial charge is 0.0359 e. The van der Waals surface area contributed by atoms with E-state index in [9.17, 15) is 0 Å². The molecular formula is C13H25N. The molecule has 0 amide bonds. The van der Waals surface area contributed by atoms with Crippen molar-refractivity contribution in [2.75, 3.05) is 6.54 Å². The summed E-state index contributed by atoms with van der Waals surface area (Å²) in [6.45, 7) is 18.0. The lowest BCUT2D eigenvalue weighted by atomic mass is 9.87. The molecule has 1 heteroatoms. The summed E-state index contributed by atoms with van der Waals surface area (Å²) in [5.41, 5.74) is 2.75. The van der Waals surface area contributed by atoms with Gasteiger partial charge in [-0.1, -0.05) is 52.8 Å². The zero-order valence-corrected chi connectivity index (χ0v) is 10.6. The molecule has 1 N–H and O–H groups in total. The third-order valence-corrected chi connectivity index (χ3v) is 2.50. The maximum absolute atomic E-state index is 4.10. The molecule has 0 aliphatic heterocycles. The highest BCUT2D eigenvalue weighted by molar-refractivity contribution is 5.11. The fourth-order valence-electron chi connectivity index (χ4n) is 1.11. The summed E-state index contributed by atoms with van der Waals surface area (Å²) in [4.78, 5) is 0. The lowest BCUT2D eigenvalue weighted by molar-refractivity contribution is 0.484. The van der Waals surface area contributed by atoms with Gasteiger partial charge in [0.05, 0.1) is 0 Å². The standard InChI is InChI=1S/C13H25N/c1-8-12(10(2)3)14-9-11(4)13(5,6)7/h8,10,14H,4,9H2,1-3,5-7H3/b12-8-. The van der Waals surface area contributed by atoms with Gasteiger partial charge in [0.15, 0.2) is 0 Å². The molecule has 0 spiro atoms. The van der Waals surface area contributed by atoms with E-state index in [0.717, 1.165) is 6.54 Å². The molecule has 0 heterocycles. The van der Waals surface area contributed by atoms with Crippen LogP contribution in [-0.2, 0) is 0 Å². The highest BCUT2D eigenvalue weighted by Crippen LogP contribution is 2.22. The Kier molecular flexibility index (Phi) is 4.96. The average molecular weight is 195 g/mol. The molecule has 0 fully saturated rings. The maximum Gasteiger partial charge on any atom is 0.0359 e. The van der Waals surface area contributed by atoms with Gasteiger partial charge in [-0.05, 0) is 18.3 Å². The zero-order valence-electron chi connectivity index (χ0n) is 10.6. The first-order valence-electron chi connectivity index (χ1n) is 5.37. The lowest BCUT2D eigenvalue weighted by Gasteiger charge is -2.24. The van der Waals surface area contributed by atoms with Crippen LogP contribution in [0.25, 0.3) is 0 Å². The van der Waals surface area contributed by atoms with Crippen molar-refractivity contribution in [3.05, 3.63) is 23.9 Å². The second-order valence-corrected chi connectivity index (χ2v) is 5.11. The van der Waals surface area contributed by atoms with Crippen LogP contribution in [0.3, 0.4) is 0 Å². The van der Waals surface area contributed by atoms with Crippen molar-refractivity contribution in [2.24, 2.45) is 11.3 Å². The van der Waals surface area contributed by atoms with Gasteiger partial charge in [-0.15, -0.1) is 0 Å². The van der Waals surface area contributed by atoms with Crippen LogP contribution in [0.1, 0.15) is 41.5 Å². The summed E-state index contributed by atoms with van der Waals surface area (Å²) in [5.74, 6) is 0.563. The van der Waals surface area contributed by atoms with Gasteiger partial charge in [-0.3, -0.25) is 0 Å². The number of hydrogen-bond acceptors (Lipinski definition) is 1. The fraction of sp³-hybridized carbons (Fsp3) is 0.692. The summed E-state index contributed by atoms with van der Waals surface area (Å²) in [5, 5.41) is 3.44. The van der Waals surface area contributed by atoms with Gasteiger partial charge in [0.1, 0.15) is 0 Å². The van der Waals surface area contributed by atoms with Crippen molar-refractivity contribution < 1.29 is 0 Å². The molecule has 0 atom stereocenters. The summed E-state index contributed by atoms with van der Waals surface area (Å²) >= 11 is 0. The van der Waals surface area contributed by atoms with Crippen LogP contribution < -0.4 is 5.32 Å². The van der Waals surface area contributed by atoms with E-state index in [2.05, 4.69) is 59.5 Å². The highest BCUT2D eigenvalue weighted by atomic mass is 14.9. The number of rotatable bonds is 4.